The zero-order chi connectivity index (χ0) is 18.7. The molecule has 0 saturated carbocycles. The summed E-state index contributed by atoms with van der Waals surface area (Å²) in [7, 11) is 3.36. The molecule has 1 aliphatic rings. The Labute approximate surface area is 156 Å². The minimum Gasteiger partial charge on any atom is -0.355 e. The van der Waals surface area contributed by atoms with Crippen molar-refractivity contribution >= 4 is 34.1 Å². The molecule has 0 spiro atoms. The van der Waals surface area contributed by atoms with Gasteiger partial charge in [-0.1, -0.05) is 11.3 Å². The van der Waals surface area contributed by atoms with E-state index in [1.54, 1.807) is 27.1 Å². The normalized spacial score (nSPS) is 14.2. The zero-order valence-electron chi connectivity index (χ0n) is 15.2. The maximum Gasteiger partial charge on any atom is 0.277 e. The Kier molecular flexibility index (Phi) is 5.46. The number of nitrogens with zero attached hydrogens (tertiary/aromatic N) is 5. The second-order valence-electron chi connectivity index (χ2n) is 6.41. The Morgan fingerprint density at radius 2 is 1.88 bits per heavy atom. The van der Waals surface area contributed by atoms with Crippen LogP contribution in [-0.4, -0.2) is 59.1 Å². The summed E-state index contributed by atoms with van der Waals surface area (Å²) in [5.74, 6) is 0.275. The van der Waals surface area contributed by atoms with Gasteiger partial charge in [-0.15, -0.1) is 10.2 Å². The number of aromatic nitrogens is 3. The predicted octanol–water partition coefficient (Wildman–Crippen LogP) is 2.19. The van der Waals surface area contributed by atoms with Crippen molar-refractivity contribution in [2.45, 2.75) is 26.2 Å². The molecule has 0 atom stereocenters. The van der Waals surface area contributed by atoms with Crippen LogP contribution in [0.15, 0.2) is 12.1 Å². The van der Waals surface area contributed by atoms with E-state index in [1.165, 1.54) is 11.3 Å². The molecule has 0 aliphatic carbocycles. The van der Waals surface area contributed by atoms with Crippen molar-refractivity contribution in [2.75, 3.05) is 37.4 Å². The van der Waals surface area contributed by atoms with Crippen molar-refractivity contribution in [1.29, 1.82) is 0 Å². The van der Waals surface area contributed by atoms with Gasteiger partial charge in [0, 0.05) is 27.2 Å². The molecule has 0 aromatic carbocycles. The highest BCUT2D eigenvalue weighted by molar-refractivity contribution is 7.17. The van der Waals surface area contributed by atoms with Crippen molar-refractivity contribution in [3.63, 3.8) is 0 Å². The van der Waals surface area contributed by atoms with Gasteiger partial charge in [0.1, 0.15) is 4.88 Å². The maximum atomic E-state index is 12.4. The second kappa shape index (κ2) is 7.77. The van der Waals surface area contributed by atoms with E-state index in [1.807, 2.05) is 6.07 Å². The van der Waals surface area contributed by atoms with Crippen LogP contribution in [-0.2, 0) is 0 Å². The molecule has 1 saturated heterocycles. The van der Waals surface area contributed by atoms with Gasteiger partial charge in [0.2, 0.25) is 0 Å². The molecular weight excluding hydrogens is 352 g/mol. The molecule has 1 aliphatic heterocycles. The number of thiazole rings is 1. The van der Waals surface area contributed by atoms with Gasteiger partial charge < -0.3 is 9.80 Å². The number of nitrogens with one attached hydrogen (secondary N) is 1. The zero-order valence-corrected chi connectivity index (χ0v) is 16.0. The third kappa shape index (κ3) is 3.98. The van der Waals surface area contributed by atoms with Crippen LogP contribution in [0.2, 0.25) is 0 Å². The van der Waals surface area contributed by atoms with E-state index in [0.717, 1.165) is 43.1 Å². The number of hydrogen-bond acceptors (Lipinski definition) is 7. The average Bonchev–Trinajstić information content (AvgIpc) is 3.01. The quantitative estimate of drug-likeness (QED) is 0.882. The lowest BCUT2D eigenvalue weighted by molar-refractivity contribution is 0.0831. The van der Waals surface area contributed by atoms with Crippen LogP contribution in [0.3, 0.4) is 0 Å². The molecule has 138 valence electrons. The molecule has 1 fully saturated rings. The van der Waals surface area contributed by atoms with Gasteiger partial charge in [0.25, 0.3) is 11.8 Å². The highest BCUT2D eigenvalue weighted by atomic mass is 32.1. The number of piperidine rings is 1. The van der Waals surface area contributed by atoms with Crippen LogP contribution in [0.25, 0.3) is 0 Å². The summed E-state index contributed by atoms with van der Waals surface area (Å²) in [5.41, 5.74) is 0.814. The Morgan fingerprint density at radius 1 is 1.15 bits per heavy atom. The van der Waals surface area contributed by atoms with Gasteiger partial charge in [-0.3, -0.25) is 14.9 Å². The molecule has 8 nitrogen and oxygen atoms in total. The van der Waals surface area contributed by atoms with E-state index in [4.69, 9.17) is 0 Å². The smallest absolute Gasteiger partial charge is 0.277 e. The molecule has 2 aromatic heterocycles. The first-order valence-corrected chi connectivity index (χ1v) is 9.36. The third-order valence-corrected chi connectivity index (χ3v) is 5.24. The van der Waals surface area contributed by atoms with Crippen molar-refractivity contribution in [3.8, 4) is 0 Å². The lowest BCUT2D eigenvalue weighted by Crippen LogP contribution is -2.30. The van der Waals surface area contributed by atoms with Gasteiger partial charge >= 0.3 is 0 Å². The fourth-order valence-corrected chi connectivity index (χ4v) is 3.73. The number of carbonyl (C=O) groups is 2. The highest BCUT2D eigenvalue weighted by Crippen LogP contribution is 2.24. The van der Waals surface area contributed by atoms with E-state index in [9.17, 15) is 9.59 Å². The Balaban J connectivity index is 1.68. The number of amides is 2. The number of rotatable bonds is 4. The lowest BCUT2D eigenvalue weighted by Gasteiger charge is -2.27. The molecule has 0 radical (unpaired) electrons. The van der Waals surface area contributed by atoms with Gasteiger partial charge in [-0.2, -0.15) is 0 Å². The van der Waals surface area contributed by atoms with Crippen LogP contribution in [0.5, 0.6) is 0 Å². The van der Waals surface area contributed by atoms with Crippen molar-refractivity contribution < 1.29 is 9.59 Å². The third-order valence-electron chi connectivity index (χ3n) is 4.18. The summed E-state index contributed by atoms with van der Waals surface area (Å²) in [4.78, 5) is 32.9. The topological polar surface area (TPSA) is 91.3 Å². The van der Waals surface area contributed by atoms with E-state index < -0.39 is 0 Å². The fraction of sp³-hybridized carbons (Fsp3) is 0.471. The molecule has 9 heteroatoms. The molecule has 1 N–H and O–H groups in total. The minimum atomic E-state index is -0.389. The molecule has 0 unspecified atom stereocenters. The van der Waals surface area contributed by atoms with Crippen LogP contribution < -0.4 is 10.2 Å². The van der Waals surface area contributed by atoms with Crippen LogP contribution in [0.1, 0.15) is 45.1 Å². The first kappa shape index (κ1) is 18.2. The Bertz CT molecular complexity index is 796. The Morgan fingerprint density at radius 3 is 2.50 bits per heavy atom. The molecule has 0 bridgehead atoms. The summed E-state index contributed by atoms with van der Waals surface area (Å²) in [6.07, 6.45) is 3.55. The number of carbonyl (C=O) groups excluding carboxylic acids is 2. The first-order chi connectivity index (χ1) is 12.5. The number of hydrogen-bond donors (Lipinski definition) is 1. The molecular formula is C17H22N6O2S. The van der Waals surface area contributed by atoms with Crippen molar-refractivity contribution in [2.24, 2.45) is 0 Å². The fourth-order valence-electron chi connectivity index (χ4n) is 2.75. The molecule has 26 heavy (non-hydrogen) atoms. The summed E-state index contributed by atoms with van der Waals surface area (Å²) in [6, 6.07) is 3.49. The summed E-state index contributed by atoms with van der Waals surface area (Å²) >= 11 is 1.15. The minimum absolute atomic E-state index is 0.133. The highest BCUT2D eigenvalue weighted by Gasteiger charge is 2.19. The summed E-state index contributed by atoms with van der Waals surface area (Å²) < 4.78 is 0. The van der Waals surface area contributed by atoms with E-state index in [-0.39, 0.29) is 17.5 Å². The monoisotopic (exact) mass is 374 g/mol. The number of aryl methyl sites for hydroxylation is 1. The largest absolute Gasteiger partial charge is 0.355 e. The molecule has 3 rings (SSSR count). The van der Waals surface area contributed by atoms with E-state index >= 15 is 0 Å². The predicted molar refractivity (Wildman–Crippen MR) is 101 cm³/mol. The summed E-state index contributed by atoms with van der Waals surface area (Å²) in [5, 5.41) is 11.3. The van der Waals surface area contributed by atoms with E-state index in [0.29, 0.717) is 15.7 Å². The molecule has 3 heterocycles. The maximum absolute atomic E-state index is 12.4. The van der Waals surface area contributed by atoms with Gasteiger partial charge in [0.15, 0.2) is 16.6 Å². The van der Waals surface area contributed by atoms with Crippen molar-refractivity contribution in [1.82, 2.24) is 20.1 Å². The molecule has 2 amide bonds. The second-order valence-corrected chi connectivity index (χ2v) is 7.41. The Hall–Kier alpha value is -2.55. The van der Waals surface area contributed by atoms with Crippen LogP contribution in [0, 0.1) is 6.92 Å². The standard InChI is InChI=1S/C17H22N6O2S/c1-11-14(16(25)22(2)3)26-17(18-11)19-15(24)12-7-8-13(21-20-12)23-9-5-4-6-10-23/h7-8H,4-6,9-10H2,1-3H3,(H,18,19,24). The first-order valence-electron chi connectivity index (χ1n) is 8.55. The van der Waals surface area contributed by atoms with Crippen LogP contribution in [0.4, 0.5) is 10.9 Å². The van der Waals surface area contributed by atoms with Gasteiger partial charge in [-0.25, -0.2) is 4.98 Å². The van der Waals surface area contributed by atoms with Gasteiger partial charge in [-0.05, 0) is 38.3 Å². The SMILES string of the molecule is Cc1nc(NC(=O)c2ccc(N3CCCCC3)nn2)sc1C(=O)N(C)C. The van der Waals surface area contributed by atoms with Gasteiger partial charge in [0.05, 0.1) is 5.69 Å². The molecule has 2 aromatic rings. The average molecular weight is 374 g/mol. The van der Waals surface area contributed by atoms with E-state index in [2.05, 4.69) is 25.4 Å². The van der Waals surface area contributed by atoms with Crippen LogP contribution >= 0.6 is 11.3 Å². The summed E-state index contributed by atoms with van der Waals surface area (Å²) in [6.45, 7) is 3.69. The lowest BCUT2D eigenvalue weighted by atomic mass is 10.1. The van der Waals surface area contributed by atoms with Crippen molar-refractivity contribution in [3.05, 3.63) is 28.4 Å². The number of anilines is 2.